The zero-order valence-corrected chi connectivity index (χ0v) is 20.3. The molecule has 0 saturated carbocycles. The molecule has 0 heterocycles. The van der Waals surface area contributed by atoms with Gasteiger partial charge in [0, 0.05) is 30.7 Å². The monoisotopic (exact) mass is 465 g/mol. The van der Waals surface area contributed by atoms with Crippen molar-refractivity contribution in [1.29, 1.82) is 0 Å². The standard InChI is InChI=1S/C23H35N3O5S/c1-22(2,3)31-21(27)26-14-12-23(4,5)16-30-32(28,29)19-11-7-9-17-8-6-10-18(20(17)19)25-15-13-24/h6-11,25H,12-16,24H2,1-5H3,(H,26,27). The van der Waals surface area contributed by atoms with E-state index in [1.165, 1.54) is 0 Å². The topological polar surface area (TPSA) is 120 Å². The summed E-state index contributed by atoms with van der Waals surface area (Å²) in [4.78, 5) is 11.9. The van der Waals surface area contributed by atoms with Gasteiger partial charge in [0.1, 0.15) is 10.5 Å². The van der Waals surface area contributed by atoms with Gasteiger partial charge in [-0.05, 0) is 50.1 Å². The molecule has 9 heteroatoms. The van der Waals surface area contributed by atoms with Crippen LogP contribution in [0.1, 0.15) is 41.0 Å². The van der Waals surface area contributed by atoms with Crippen LogP contribution in [0, 0.1) is 5.41 Å². The maximum absolute atomic E-state index is 13.1. The lowest BCUT2D eigenvalue weighted by Gasteiger charge is -2.25. The molecule has 178 valence electrons. The van der Waals surface area contributed by atoms with Gasteiger partial charge in [-0.3, -0.25) is 4.18 Å². The van der Waals surface area contributed by atoms with Crippen molar-refractivity contribution in [3.8, 4) is 0 Å². The maximum Gasteiger partial charge on any atom is 0.407 e. The minimum absolute atomic E-state index is 0.0277. The minimum atomic E-state index is -4.02. The molecule has 2 aromatic carbocycles. The number of hydrogen-bond donors (Lipinski definition) is 3. The van der Waals surface area contributed by atoms with Crippen molar-refractivity contribution in [2.24, 2.45) is 11.1 Å². The van der Waals surface area contributed by atoms with E-state index >= 15 is 0 Å². The van der Waals surface area contributed by atoms with Crippen LogP contribution in [0.3, 0.4) is 0 Å². The van der Waals surface area contributed by atoms with Crippen LogP contribution >= 0.6 is 0 Å². The Morgan fingerprint density at radius 2 is 1.69 bits per heavy atom. The third-order valence-electron chi connectivity index (χ3n) is 4.67. The molecule has 8 nitrogen and oxygen atoms in total. The van der Waals surface area contributed by atoms with E-state index in [2.05, 4.69) is 10.6 Å². The second kappa shape index (κ2) is 10.5. The molecule has 0 spiro atoms. The van der Waals surface area contributed by atoms with Crippen molar-refractivity contribution in [2.45, 2.75) is 51.5 Å². The van der Waals surface area contributed by atoms with E-state index in [1.54, 1.807) is 32.9 Å². The van der Waals surface area contributed by atoms with Gasteiger partial charge in [0.15, 0.2) is 0 Å². The summed E-state index contributed by atoms with van der Waals surface area (Å²) >= 11 is 0. The number of fused-ring (bicyclic) bond motifs is 1. The van der Waals surface area contributed by atoms with Crippen molar-refractivity contribution in [2.75, 3.05) is 31.6 Å². The van der Waals surface area contributed by atoms with E-state index in [1.807, 2.05) is 38.1 Å². The van der Waals surface area contributed by atoms with Gasteiger partial charge >= 0.3 is 6.09 Å². The molecule has 2 aromatic rings. The summed E-state index contributed by atoms with van der Waals surface area (Å²) < 4.78 is 36.9. The molecule has 2 rings (SSSR count). The number of ether oxygens (including phenoxy) is 1. The first-order chi connectivity index (χ1) is 14.8. The summed E-state index contributed by atoms with van der Waals surface area (Å²) in [7, 11) is -4.02. The lowest BCUT2D eigenvalue weighted by molar-refractivity contribution is 0.0517. The van der Waals surface area contributed by atoms with Crippen molar-refractivity contribution in [3.63, 3.8) is 0 Å². The van der Waals surface area contributed by atoms with Gasteiger partial charge < -0.3 is 21.1 Å². The molecule has 0 saturated heterocycles. The fourth-order valence-electron chi connectivity index (χ4n) is 3.06. The van der Waals surface area contributed by atoms with Crippen molar-refractivity contribution in [3.05, 3.63) is 36.4 Å². The summed E-state index contributed by atoms with van der Waals surface area (Å²) in [5.41, 5.74) is 5.21. The first-order valence-electron chi connectivity index (χ1n) is 10.7. The molecule has 0 radical (unpaired) electrons. The lowest BCUT2D eigenvalue weighted by atomic mass is 9.91. The van der Waals surface area contributed by atoms with Crippen LogP contribution in [0.25, 0.3) is 10.8 Å². The quantitative estimate of drug-likeness (QED) is 0.456. The highest BCUT2D eigenvalue weighted by atomic mass is 32.2. The van der Waals surface area contributed by atoms with Gasteiger partial charge in [-0.1, -0.05) is 38.1 Å². The van der Waals surface area contributed by atoms with Crippen LogP contribution in [-0.2, 0) is 19.0 Å². The van der Waals surface area contributed by atoms with Crippen molar-refractivity contribution < 1.29 is 22.1 Å². The molecule has 0 fully saturated rings. The lowest BCUT2D eigenvalue weighted by Crippen LogP contribution is -2.35. The maximum atomic E-state index is 13.1. The summed E-state index contributed by atoms with van der Waals surface area (Å²) in [6, 6.07) is 10.6. The number of nitrogens with one attached hydrogen (secondary N) is 2. The Bertz CT molecular complexity index is 1020. The number of rotatable bonds is 10. The Morgan fingerprint density at radius 3 is 2.31 bits per heavy atom. The number of hydrogen-bond acceptors (Lipinski definition) is 7. The fourth-order valence-corrected chi connectivity index (χ4v) is 4.38. The predicted molar refractivity (Wildman–Crippen MR) is 127 cm³/mol. The molecule has 0 atom stereocenters. The Morgan fingerprint density at radius 1 is 1.03 bits per heavy atom. The second-order valence-corrected chi connectivity index (χ2v) is 11.0. The van der Waals surface area contributed by atoms with Crippen molar-refractivity contribution >= 4 is 32.7 Å². The van der Waals surface area contributed by atoms with Crippen molar-refractivity contribution in [1.82, 2.24) is 5.32 Å². The van der Waals surface area contributed by atoms with Crippen LogP contribution in [0.4, 0.5) is 10.5 Å². The molecule has 0 aliphatic carbocycles. The first kappa shape index (κ1) is 25.9. The van der Waals surface area contributed by atoms with Gasteiger partial charge in [-0.25, -0.2) is 4.79 Å². The number of amides is 1. The molecule has 0 bridgehead atoms. The molecule has 32 heavy (non-hydrogen) atoms. The van der Waals surface area contributed by atoms with E-state index in [9.17, 15) is 13.2 Å². The molecular formula is C23H35N3O5S. The number of carbonyl (C=O) groups excluding carboxylic acids is 1. The number of carbonyl (C=O) groups is 1. The van der Waals surface area contributed by atoms with Gasteiger partial charge in [0.2, 0.25) is 0 Å². The molecule has 0 aromatic heterocycles. The molecule has 0 unspecified atom stereocenters. The summed E-state index contributed by atoms with van der Waals surface area (Å²) in [5.74, 6) is 0. The third kappa shape index (κ3) is 7.65. The predicted octanol–water partition coefficient (Wildman–Crippen LogP) is 3.86. The average molecular weight is 466 g/mol. The minimum Gasteiger partial charge on any atom is -0.444 e. The van der Waals surface area contributed by atoms with E-state index in [4.69, 9.17) is 14.7 Å². The summed E-state index contributed by atoms with van der Waals surface area (Å²) in [6.07, 6.45) is 0.00996. The SMILES string of the molecule is CC(C)(CCNC(=O)OC(C)(C)C)COS(=O)(=O)c1cccc2cccc(NCCN)c12. The highest BCUT2D eigenvalue weighted by Crippen LogP contribution is 2.32. The highest BCUT2D eigenvalue weighted by Gasteiger charge is 2.26. The molecular weight excluding hydrogens is 430 g/mol. The largest absolute Gasteiger partial charge is 0.444 e. The van der Waals surface area contributed by atoms with Crippen LogP contribution in [0.5, 0.6) is 0 Å². The normalized spacial score (nSPS) is 12.6. The van der Waals surface area contributed by atoms with Gasteiger partial charge in [0.05, 0.1) is 6.61 Å². The number of benzene rings is 2. The fraction of sp³-hybridized carbons (Fsp3) is 0.522. The zero-order chi connectivity index (χ0) is 24.0. The van der Waals surface area contributed by atoms with E-state index in [-0.39, 0.29) is 11.5 Å². The van der Waals surface area contributed by atoms with Crippen LogP contribution < -0.4 is 16.4 Å². The van der Waals surface area contributed by atoms with E-state index in [0.29, 0.717) is 37.1 Å². The number of anilines is 1. The third-order valence-corrected chi connectivity index (χ3v) is 5.98. The van der Waals surface area contributed by atoms with Crippen LogP contribution in [0.2, 0.25) is 0 Å². The number of nitrogens with two attached hydrogens (primary N) is 1. The Hall–Kier alpha value is -2.36. The summed E-state index contributed by atoms with van der Waals surface area (Å²) in [6.45, 7) is 10.4. The van der Waals surface area contributed by atoms with Gasteiger partial charge in [-0.2, -0.15) is 8.42 Å². The first-order valence-corrected chi connectivity index (χ1v) is 12.1. The van der Waals surface area contributed by atoms with Crippen LogP contribution in [-0.4, -0.2) is 46.4 Å². The molecule has 0 aliphatic rings. The van der Waals surface area contributed by atoms with E-state index < -0.39 is 27.2 Å². The molecule has 1 amide bonds. The zero-order valence-electron chi connectivity index (χ0n) is 19.5. The Kier molecular flexibility index (Phi) is 8.50. The van der Waals surface area contributed by atoms with E-state index in [0.717, 1.165) is 5.39 Å². The van der Waals surface area contributed by atoms with Crippen LogP contribution in [0.15, 0.2) is 41.3 Å². The van der Waals surface area contributed by atoms with Gasteiger partial charge in [0.25, 0.3) is 10.1 Å². The second-order valence-electron chi connectivity index (χ2n) is 9.43. The smallest absolute Gasteiger partial charge is 0.407 e. The summed E-state index contributed by atoms with van der Waals surface area (Å²) in [5, 5.41) is 7.24. The Labute approximate surface area is 191 Å². The number of alkyl carbamates (subject to hydrolysis) is 1. The van der Waals surface area contributed by atoms with Gasteiger partial charge in [-0.15, -0.1) is 0 Å². The highest BCUT2D eigenvalue weighted by molar-refractivity contribution is 7.87. The molecule has 0 aliphatic heterocycles. The molecule has 4 N–H and O–H groups in total. The Balaban J connectivity index is 2.09. The average Bonchev–Trinajstić information content (AvgIpc) is 2.69.